The van der Waals surface area contributed by atoms with Crippen molar-refractivity contribution in [1.29, 1.82) is 0 Å². The maximum atomic E-state index is 12.5. The van der Waals surface area contributed by atoms with Gasteiger partial charge in [-0.25, -0.2) is 8.42 Å². The van der Waals surface area contributed by atoms with Gasteiger partial charge in [-0.1, -0.05) is 0 Å². The minimum absolute atomic E-state index is 0.0401. The third-order valence-corrected chi connectivity index (χ3v) is 6.45. The number of anilines is 2. The summed E-state index contributed by atoms with van der Waals surface area (Å²) in [6, 6.07) is 8.22. The Morgan fingerprint density at radius 1 is 1.15 bits per heavy atom. The van der Waals surface area contributed by atoms with Crippen LogP contribution in [0.4, 0.5) is 11.4 Å². The van der Waals surface area contributed by atoms with Crippen LogP contribution in [0.25, 0.3) is 0 Å². The Labute approximate surface area is 158 Å². The Morgan fingerprint density at radius 3 is 2.44 bits per heavy atom. The number of sulfone groups is 1. The van der Waals surface area contributed by atoms with E-state index in [0.717, 1.165) is 0 Å². The van der Waals surface area contributed by atoms with Crippen LogP contribution in [0.15, 0.2) is 42.7 Å². The van der Waals surface area contributed by atoms with Crippen LogP contribution in [0.5, 0.6) is 0 Å². The predicted molar refractivity (Wildman–Crippen MR) is 104 cm³/mol. The smallest absolute Gasteiger partial charge is 0.257 e. The Kier molecular flexibility index (Phi) is 5.27. The van der Waals surface area contributed by atoms with Crippen molar-refractivity contribution in [3.63, 3.8) is 0 Å². The minimum atomic E-state index is -2.99. The molecule has 27 heavy (non-hydrogen) atoms. The first kappa shape index (κ1) is 19.0. The second-order valence-electron chi connectivity index (χ2n) is 6.69. The van der Waals surface area contributed by atoms with Gasteiger partial charge in [0.2, 0.25) is 0 Å². The molecule has 1 fully saturated rings. The van der Waals surface area contributed by atoms with Crippen LogP contribution in [-0.4, -0.2) is 49.7 Å². The molecule has 7 nitrogen and oxygen atoms in total. The number of carbonyl (C=O) groups is 2. The number of ketones is 1. The highest BCUT2D eigenvalue weighted by Crippen LogP contribution is 2.23. The van der Waals surface area contributed by atoms with Crippen LogP contribution in [0.2, 0.25) is 0 Å². The summed E-state index contributed by atoms with van der Waals surface area (Å²) < 4.78 is 23.4. The molecule has 1 N–H and O–H groups in total. The fourth-order valence-electron chi connectivity index (χ4n) is 3.03. The summed E-state index contributed by atoms with van der Waals surface area (Å²) in [5.74, 6) is -0.0667. The fourth-order valence-corrected chi connectivity index (χ4v) is 4.80. The van der Waals surface area contributed by atoms with E-state index in [-0.39, 0.29) is 29.2 Å². The summed E-state index contributed by atoms with van der Waals surface area (Å²) in [4.78, 5) is 29.8. The molecule has 0 spiro atoms. The van der Waals surface area contributed by atoms with Crippen LogP contribution in [-0.2, 0) is 9.84 Å². The lowest BCUT2D eigenvalue weighted by atomic mass is 10.1. The van der Waals surface area contributed by atoms with E-state index in [1.165, 1.54) is 13.1 Å². The van der Waals surface area contributed by atoms with Crippen molar-refractivity contribution in [1.82, 2.24) is 4.98 Å². The molecule has 1 aliphatic heterocycles. The third-order valence-electron chi connectivity index (χ3n) is 4.70. The van der Waals surface area contributed by atoms with Crippen molar-refractivity contribution in [2.45, 2.75) is 19.4 Å². The highest BCUT2D eigenvalue weighted by atomic mass is 32.2. The molecule has 1 aliphatic rings. The predicted octanol–water partition coefficient (Wildman–Crippen LogP) is 2.16. The molecule has 1 aromatic carbocycles. The molecule has 0 bridgehead atoms. The molecular formula is C19H21N3O4S. The zero-order valence-electron chi connectivity index (χ0n) is 15.2. The van der Waals surface area contributed by atoms with Crippen molar-refractivity contribution in [2.75, 3.05) is 28.8 Å². The molecule has 1 atom stereocenters. The summed E-state index contributed by atoms with van der Waals surface area (Å²) in [7, 11) is -1.18. The number of nitrogens with zero attached hydrogens (tertiary/aromatic N) is 2. The number of Topliss-reactive ketones (excluding diaryl/α,β-unsaturated/α-hetero) is 1. The van der Waals surface area contributed by atoms with Gasteiger partial charge in [-0.05, 0) is 43.7 Å². The maximum absolute atomic E-state index is 12.5. The molecule has 8 heteroatoms. The molecule has 0 aliphatic carbocycles. The normalized spacial score (nSPS) is 18.1. The highest BCUT2D eigenvalue weighted by molar-refractivity contribution is 7.91. The van der Waals surface area contributed by atoms with Crippen molar-refractivity contribution in [3.8, 4) is 0 Å². The first-order valence-corrected chi connectivity index (χ1v) is 10.4. The number of hydrogen-bond acceptors (Lipinski definition) is 6. The summed E-state index contributed by atoms with van der Waals surface area (Å²) in [6.45, 7) is 1.48. The van der Waals surface area contributed by atoms with Crippen LogP contribution >= 0.6 is 0 Å². The lowest BCUT2D eigenvalue weighted by Crippen LogP contribution is -2.32. The number of amides is 1. The Bertz CT molecular complexity index is 971. The molecule has 1 unspecified atom stereocenters. The van der Waals surface area contributed by atoms with Crippen molar-refractivity contribution >= 4 is 32.9 Å². The van der Waals surface area contributed by atoms with E-state index < -0.39 is 9.84 Å². The van der Waals surface area contributed by atoms with E-state index >= 15 is 0 Å². The van der Waals surface area contributed by atoms with Gasteiger partial charge in [-0.2, -0.15) is 0 Å². The monoisotopic (exact) mass is 387 g/mol. The fraction of sp³-hybridized carbons (Fsp3) is 0.316. The zero-order chi connectivity index (χ0) is 19.6. The number of pyridine rings is 1. The largest absolute Gasteiger partial charge is 0.369 e. The van der Waals surface area contributed by atoms with Crippen LogP contribution in [0.1, 0.15) is 34.1 Å². The molecule has 0 radical (unpaired) electrons. The van der Waals surface area contributed by atoms with Gasteiger partial charge < -0.3 is 10.2 Å². The van der Waals surface area contributed by atoms with E-state index in [4.69, 9.17) is 0 Å². The number of hydrogen-bond donors (Lipinski definition) is 1. The van der Waals surface area contributed by atoms with Crippen molar-refractivity contribution in [2.24, 2.45) is 0 Å². The van der Waals surface area contributed by atoms with Gasteiger partial charge in [0.05, 0.1) is 29.0 Å². The van der Waals surface area contributed by atoms with Gasteiger partial charge >= 0.3 is 0 Å². The van der Waals surface area contributed by atoms with E-state index in [2.05, 4.69) is 10.3 Å². The summed E-state index contributed by atoms with van der Waals surface area (Å²) in [5, 5.41) is 2.77. The van der Waals surface area contributed by atoms with Gasteiger partial charge in [0.25, 0.3) is 5.91 Å². The molecule has 0 saturated carbocycles. The second-order valence-corrected chi connectivity index (χ2v) is 8.92. The SMILES string of the molecule is CC(=O)c1ccc(NC(=O)c2cncc(N(C)C3CCS(=O)(=O)C3)c2)cc1. The quantitative estimate of drug-likeness (QED) is 0.790. The molecule has 2 aromatic rings. The summed E-state index contributed by atoms with van der Waals surface area (Å²) in [6.07, 6.45) is 3.64. The topological polar surface area (TPSA) is 96.4 Å². The van der Waals surface area contributed by atoms with Crippen LogP contribution < -0.4 is 10.2 Å². The number of rotatable bonds is 5. The average molecular weight is 387 g/mol. The molecule has 1 aromatic heterocycles. The Hall–Kier alpha value is -2.74. The van der Waals surface area contributed by atoms with Gasteiger partial charge in [-0.3, -0.25) is 14.6 Å². The number of carbonyl (C=O) groups excluding carboxylic acids is 2. The molecule has 1 saturated heterocycles. The van der Waals surface area contributed by atoms with Crippen LogP contribution in [0.3, 0.4) is 0 Å². The lowest BCUT2D eigenvalue weighted by molar-refractivity contribution is 0.101. The zero-order valence-corrected chi connectivity index (χ0v) is 16.0. The summed E-state index contributed by atoms with van der Waals surface area (Å²) in [5.41, 5.74) is 2.21. The van der Waals surface area contributed by atoms with Crippen molar-refractivity contribution < 1.29 is 18.0 Å². The van der Waals surface area contributed by atoms with Gasteiger partial charge in [0.1, 0.15) is 0 Å². The van der Waals surface area contributed by atoms with E-state index in [9.17, 15) is 18.0 Å². The van der Waals surface area contributed by atoms with Crippen molar-refractivity contribution in [3.05, 3.63) is 53.9 Å². The minimum Gasteiger partial charge on any atom is -0.369 e. The first-order chi connectivity index (χ1) is 12.7. The van der Waals surface area contributed by atoms with E-state index in [0.29, 0.717) is 28.9 Å². The van der Waals surface area contributed by atoms with E-state index in [1.807, 2.05) is 11.9 Å². The first-order valence-electron chi connectivity index (χ1n) is 8.56. The van der Waals surface area contributed by atoms with E-state index in [1.54, 1.807) is 36.5 Å². The van der Waals surface area contributed by atoms with Gasteiger partial charge in [-0.15, -0.1) is 0 Å². The standard InChI is InChI=1S/C19H21N3O4S/c1-13(23)14-3-5-16(6-4-14)21-19(24)15-9-18(11-20-10-15)22(2)17-7-8-27(25,26)12-17/h3-6,9-11,17H,7-8,12H2,1-2H3,(H,21,24). The molecule has 142 valence electrons. The molecule has 2 heterocycles. The van der Waals surface area contributed by atoms with Gasteiger partial charge in [0, 0.05) is 30.5 Å². The Balaban J connectivity index is 1.72. The molecular weight excluding hydrogens is 366 g/mol. The third kappa shape index (κ3) is 4.51. The second kappa shape index (κ2) is 7.48. The number of aromatic nitrogens is 1. The number of benzene rings is 1. The molecule has 3 rings (SSSR count). The number of nitrogens with one attached hydrogen (secondary N) is 1. The average Bonchev–Trinajstić information content (AvgIpc) is 3.01. The Morgan fingerprint density at radius 2 is 1.85 bits per heavy atom. The van der Waals surface area contributed by atoms with Gasteiger partial charge in [0.15, 0.2) is 15.6 Å². The lowest BCUT2D eigenvalue weighted by Gasteiger charge is -2.25. The highest BCUT2D eigenvalue weighted by Gasteiger charge is 2.31. The van der Waals surface area contributed by atoms with Crippen LogP contribution in [0, 0.1) is 0 Å². The maximum Gasteiger partial charge on any atom is 0.257 e. The summed E-state index contributed by atoms with van der Waals surface area (Å²) >= 11 is 0. The molecule has 1 amide bonds.